The average Bonchev–Trinajstić information content (AvgIpc) is 3.10. The zero-order valence-corrected chi connectivity index (χ0v) is 13.4. The molecular weight excluding hydrogens is 304 g/mol. The van der Waals surface area contributed by atoms with Crippen LogP contribution in [0.1, 0.15) is 33.2 Å². The number of imidazole rings is 1. The molecule has 4 rings (SSSR count). The maximum absolute atomic E-state index is 6.12. The van der Waals surface area contributed by atoms with E-state index < -0.39 is 5.79 Å². The van der Waals surface area contributed by atoms with Crippen LogP contribution in [0.25, 0.3) is 11.2 Å². The summed E-state index contributed by atoms with van der Waals surface area (Å²) >= 11 is 6.09. The molecule has 7 heteroatoms. The third kappa shape index (κ3) is 1.98. The molecule has 6 nitrogen and oxygen atoms in total. The van der Waals surface area contributed by atoms with E-state index >= 15 is 0 Å². The van der Waals surface area contributed by atoms with Gasteiger partial charge >= 0.3 is 0 Å². The maximum Gasteiger partial charge on any atom is 0.165 e. The lowest BCUT2D eigenvalue weighted by atomic mass is 10.1. The Balaban J connectivity index is 1.81. The van der Waals surface area contributed by atoms with Crippen molar-refractivity contribution in [2.45, 2.75) is 51.2 Å². The van der Waals surface area contributed by atoms with Gasteiger partial charge in [-0.05, 0) is 25.8 Å². The third-order valence-corrected chi connectivity index (χ3v) is 4.54. The van der Waals surface area contributed by atoms with E-state index in [1.165, 1.54) is 11.9 Å². The van der Waals surface area contributed by atoms with Crippen LogP contribution in [-0.2, 0) is 9.47 Å². The van der Waals surface area contributed by atoms with Crippen molar-refractivity contribution in [2.24, 2.45) is 0 Å². The first-order chi connectivity index (χ1) is 10.5. The lowest BCUT2D eigenvalue weighted by Crippen LogP contribution is -2.27. The van der Waals surface area contributed by atoms with Crippen LogP contribution >= 0.6 is 11.6 Å². The fraction of sp³-hybridized carbons (Fsp3) is 0.533. The molecule has 0 N–H and O–H groups in total. The van der Waals surface area contributed by atoms with Crippen LogP contribution in [-0.4, -0.2) is 37.5 Å². The van der Waals surface area contributed by atoms with E-state index in [-0.39, 0.29) is 18.2 Å². The first-order valence-corrected chi connectivity index (χ1v) is 7.77. The Morgan fingerprint density at radius 1 is 1.27 bits per heavy atom. The van der Waals surface area contributed by atoms with Gasteiger partial charge in [0.05, 0.1) is 12.4 Å². The molecule has 116 valence electrons. The number of halogens is 1. The molecule has 1 aliphatic heterocycles. The van der Waals surface area contributed by atoms with E-state index in [0.717, 1.165) is 6.42 Å². The molecule has 0 bridgehead atoms. The van der Waals surface area contributed by atoms with Gasteiger partial charge in [-0.1, -0.05) is 24.6 Å². The van der Waals surface area contributed by atoms with Crippen LogP contribution < -0.4 is 0 Å². The quantitative estimate of drug-likeness (QED) is 0.629. The zero-order valence-electron chi connectivity index (χ0n) is 12.7. The minimum atomic E-state index is -0.578. The minimum Gasteiger partial charge on any atom is -0.342 e. The molecule has 0 spiro atoms. The van der Waals surface area contributed by atoms with Gasteiger partial charge in [0.25, 0.3) is 0 Å². The topological polar surface area (TPSA) is 62.1 Å². The summed E-state index contributed by atoms with van der Waals surface area (Å²) in [6.45, 7) is 6.02. The molecule has 1 fully saturated rings. The van der Waals surface area contributed by atoms with Gasteiger partial charge in [-0.3, -0.25) is 0 Å². The predicted molar refractivity (Wildman–Crippen MR) is 81.6 cm³/mol. The second-order valence-corrected chi connectivity index (χ2v) is 6.45. The van der Waals surface area contributed by atoms with Crippen LogP contribution in [0.2, 0.25) is 5.15 Å². The third-order valence-electron chi connectivity index (χ3n) is 4.26. The standard InChI is InChI=1S/C15H17ClN4O2/c1-4-8-5-9(12-11(8)21-15(2,3)22-12)20-7-19-10-13(16)17-6-18-14(10)20/h5-7,9,11-12H,4H2,1-3H3/t9-,11-,12+/m1/s1. The highest BCUT2D eigenvalue weighted by Gasteiger charge is 2.50. The Morgan fingerprint density at radius 3 is 2.86 bits per heavy atom. The predicted octanol–water partition coefficient (Wildman–Crippen LogP) is 2.89. The summed E-state index contributed by atoms with van der Waals surface area (Å²) in [6.07, 6.45) is 6.24. The Bertz CT molecular complexity index is 770. The maximum atomic E-state index is 6.12. The second-order valence-electron chi connectivity index (χ2n) is 6.10. The van der Waals surface area contributed by atoms with Crippen molar-refractivity contribution in [3.05, 3.63) is 29.5 Å². The van der Waals surface area contributed by atoms with Gasteiger partial charge in [-0.15, -0.1) is 0 Å². The highest BCUT2D eigenvalue weighted by atomic mass is 35.5. The average molecular weight is 321 g/mol. The Morgan fingerprint density at radius 2 is 2.09 bits per heavy atom. The number of nitrogens with zero attached hydrogens (tertiary/aromatic N) is 4. The van der Waals surface area contributed by atoms with E-state index in [1.54, 1.807) is 6.33 Å². The molecule has 2 aromatic rings. The summed E-state index contributed by atoms with van der Waals surface area (Å²) in [5.41, 5.74) is 2.57. The molecule has 3 atom stereocenters. The molecule has 1 aliphatic carbocycles. The van der Waals surface area contributed by atoms with Crippen LogP contribution in [0, 0.1) is 0 Å². The summed E-state index contributed by atoms with van der Waals surface area (Å²) in [4.78, 5) is 12.6. The van der Waals surface area contributed by atoms with E-state index in [2.05, 4.69) is 28.0 Å². The van der Waals surface area contributed by atoms with Crippen molar-refractivity contribution in [1.82, 2.24) is 19.5 Å². The summed E-state index contributed by atoms with van der Waals surface area (Å²) < 4.78 is 14.2. The zero-order chi connectivity index (χ0) is 15.5. The van der Waals surface area contributed by atoms with E-state index in [4.69, 9.17) is 21.1 Å². The molecule has 1 saturated heterocycles. The highest BCUT2D eigenvalue weighted by molar-refractivity contribution is 6.33. The van der Waals surface area contributed by atoms with Gasteiger partial charge in [0.2, 0.25) is 0 Å². The van der Waals surface area contributed by atoms with Crippen molar-refractivity contribution < 1.29 is 9.47 Å². The SMILES string of the molecule is CCC1=C[C@@H](n2cnc3c(Cl)ncnc32)[C@@H]2OC(C)(C)O[C@H]12. The van der Waals surface area contributed by atoms with Crippen LogP contribution in [0.3, 0.4) is 0 Å². The molecular formula is C15H17ClN4O2. The van der Waals surface area contributed by atoms with Crippen molar-refractivity contribution in [1.29, 1.82) is 0 Å². The monoisotopic (exact) mass is 320 g/mol. The summed E-state index contributed by atoms with van der Waals surface area (Å²) in [5, 5.41) is 0.363. The van der Waals surface area contributed by atoms with Crippen LogP contribution in [0.4, 0.5) is 0 Å². The number of aromatic nitrogens is 4. The molecule has 0 saturated carbocycles. The normalized spacial score (nSPS) is 29.8. The molecule has 0 unspecified atom stereocenters. The van der Waals surface area contributed by atoms with Gasteiger partial charge in [0, 0.05) is 0 Å². The van der Waals surface area contributed by atoms with Crippen molar-refractivity contribution in [3.8, 4) is 0 Å². The minimum absolute atomic E-state index is 0.00214. The Hall–Kier alpha value is -1.50. The Kier molecular flexibility index (Phi) is 3.04. The molecule has 0 radical (unpaired) electrons. The summed E-state index contributed by atoms with van der Waals surface area (Å²) in [5.74, 6) is -0.578. The molecule has 2 aromatic heterocycles. The van der Waals surface area contributed by atoms with Crippen LogP contribution in [0.5, 0.6) is 0 Å². The van der Waals surface area contributed by atoms with Gasteiger partial charge in [0.15, 0.2) is 16.6 Å². The van der Waals surface area contributed by atoms with E-state index in [9.17, 15) is 0 Å². The highest BCUT2D eigenvalue weighted by Crippen LogP contribution is 2.44. The summed E-state index contributed by atoms with van der Waals surface area (Å²) in [7, 11) is 0. The lowest BCUT2D eigenvalue weighted by molar-refractivity contribution is -0.147. The van der Waals surface area contributed by atoms with Gasteiger partial charge in [-0.25, -0.2) is 15.0 Å². The number of rotatable bonds is 2. The molecule has 0 amide bonds. The number of hydrogen-bond donors (Lipinski definition) is 0. The number of fused-ring (bicyclic) bond motifs is 2. The first-order valence-electron chi connectivity index (χ1n) is 7.39. The fourth-order valence-corrected chi connectivity index (χ4v) is 3.51. The van der Waals surface area contributed by atoms with Crippen molar-refractivity contribution in [3.63, 3.8) is 0 Å². The fourth-order valence-electron chi connectivity index (χ4n) is 3.33. The molecule has 2 aliphatic rings. The number of hydrogen-bond acceptors (Lipinski definition) is 5. The van der Waals surface area contributed by atoms with E-state index in [0.29, 0.717) is 16.3 Å². The van der Waals surface area contributed by atoms with Gasteiger partial charge in [-0.2, -0.15) is 0 Å². The largest absolute Gasteiger partial charge is 0.342 e. The van der Waals surface area contributed by atoms with E-state index in [1.807, 2.05) is 18.4 Å². The van der Waals surface area contributed by atoms with Crippen LogP contribution in [0.15, 0.2) is 24.3 Å². The smallest absolute Gasteiger partial charge is 0.165 e. The lowest BCUT2D eigenvalue weighted by Gasteiger charge is -2.21. The van der Waals surface area contributed by atoms with Gasteiger partial charge < -0.3 is 14.0 Å². The second kappa shape index (κ2) is 4.75. The van der Waals surface area contributed by atoms with Crippen molar-refractivity contribution >= 4 is 22.8 Å². The molecule has 3 heterocycles. The number of ether oxygens (including phenoxy) is 2. The Labute approximate surface area is 133 Å². The molecule has 22 heavy (non-hydrogen) atoms. The molecule has 0 aromatic carbocycles. The first kappa shape index (κ1) is 14.1. The summed E-state index contributed by atoms with van der Waals surface area (Å²) in [6, 6.07) is -0.00214. The van der Waals surface area contributed by atoms with Gasteiger partial charge in [0.1, 0.15) is 24.1 Å². The van der Waals surface area contributed by atoms with Crippen molar-refractivity contribution in [2.75, 3.05) is 0 Å².